The largest absolute Gasteiger partial charge is 0.317 e. The Labute approximate surface area is 64.2 Å². The summed E-state index contributed by atoms with van der Waals surface area (Å²) in [5.41, 5.74) is 0. The summed E-state index contributed by atoms with van der Waals surface area (Å²) in [5, 5.41) is 3.37. The van der Waals surface area contributed by atoms with Crippen LogP contribution in [-0.4, -0.2) is 13.1 Å². The molecule has 0 heterocycles. The molecule has 1 nitrogen and oxygen atoms in total. The molecule has 0 saturated heterocycles. The molecule has 1 aliphatic carbocycles. The van der Waals surface area contributed by atoms with Gasteiger partial charge in [0, 0.05) is 6.04 Å². The van der Waals surface area contributed by atoms with Crippen LogP contribution in [0.3, 0.4) is 0 Å². The molecule has 0 aliphatic heterocycles. The van der Waals surface area contributed by atoms with Crippen LogP contribution in [0, 0.1) is 5.92 Å². The van der Waals surface area contributed by atoms with Gasteiger partial charge in [0.15, 0.2) is 0 Å². The zero-order valence-electron chi connectivity index (χ0n) is 7.19. The number of rotatable bonds is 2. The summed E-state index contributed by atoms with van der Waals surface area (Å²) in [6, 6.07) is 0.818. The van der Waals surface area contributed by atoms with Gasteiger partial charge < -0.3 is 5.32 Å². The van der Waals surface area contributed by atoms with Crippen LogP contribution in [0.15, 0.2) is 0 Å². The maximum atomic E-state index is 3.37. The molecule has 0 spiro atoms. The standard InChI is InChI=1S/C9H19N/c1-3-8-5-4-6-9(7-8)10-2/h8-10H,3-7H2,1-2H3. The van der Waals surface area contributed by atoms with Gasteiger partial charge in [0.2, 0.25) is 0 Å². The summed E-state index contributed by atoms with van der Waals surface area (Å²) in [6.07, 6.45) is 7.08. The predicted molar refractivity (Wildman–Crippen MR) is 45.1 cm³/mol. The van der Waals surface area contributed by atoms with Crippen LogP contribution in [0.2, 0.25) is 0 Å². The van der Waals surface area contributed by atoms with Gasteiger partial charge in [0.25, 0.3) is 0 Å². The Morgan fingerprint density at radius 2 is 2.20 bits per heavy atom. The van der Waals surface area contributed by atoms with Crippen molar-refractivity contribution >= 4 is 0 Å². The average Bonchev–Trinajstić information content (AvgIpc) is 2.05. The zero-order chi connectivity index (χ0) is 7.40. The highest BCUT2D eigenvalue weighted by molar-refractivity contribution is 4.75. The lowest BCUT2D eigenvalue weighted by Gasteiger charge is -2.27. The van der Waals surface area contributed by atoms with E-state index in [4.69, 9.17) is 0 Å². The lowest BCUT2D eigenvalue weighted by Crippen LogP contribution is -2.30. The fraction of sp³-hybridized carbons (Fsp3) is 1.00. The molecule has 1 heteroatoms. The minimum absolute atomic E-state index is 0.818. The van der Waals surface area contributed by atoms with Crippen molar-refractivity contribution in [1.29, 1.82) is 0 Å². The van der Waals surface area contributed by atoms with E-state index >= 15 is 0 Å². The first-order chi connectivity index (χ1) is 4.86. The maximum Gasteiger partial charge on any atom is 0.00667 e. The van der Waals surface area contributed by atoms with Crippen molar-refractivity contribution in [2.75, 3.05) is 7.05 Å². The van der Waals surface area contributed by atoms with Crippen molar-refractivity contribution in [2.45, 2.75) is 45.1 Å². The second kappa shape index (κ2) is 3.97. The summed E-state index contributed by atoms with van der Waals surface area (Å²) in [7, 11) is 2.09. The number of hydrogen-bond acceptors (Lipinski definition) is 1. The molecular formula is C9H19N. The van der Waals surface area contributed by atoms with Crippen molar-refractivity contribution < 1.29 is 0 Å². The van der Waals surface area contributed by atoms with Crippen LogP contribution in [0.4, 0.5) is 0 Å². The number of hydrogen-bond donors (Lipinski definition) is 1. The molecule has 1 fully saturated rings. The molecule has 1 aliphatic rings. The highest BCUT2D eigenvalue weighted by atomic mass is 14.9. The lowest BCUT2D eigenvalue weighted by molar-refractivity contribution is 0.289. The smallest absolute Gasteiger partial charge is 0.00667 e. The molecule has 1 N–H and O–H groups in total. The van der Waals surface area contributed by atoms with Crippen LogP contribution < -0.4 is 5.32 Å². The molecule has 1 rings (SSSR count). The van der Waals surface area contributed by atoms with E-state index in [1.54, 1.807) is 0 Å². The van der Waals surface area contributed by atoms with Gasteiger partial charge in [-0.05, 0) is 25.8 Å². The van der Waals surface area contributed by atoms with E-state index in [0.29, 0.717) is 0 Å². The number of nitrogens with one attached hydrogen (secondary N) is 1. The predicted octanol–water partition coefficient (Wildman–Crippen LogP) is 2.17. The maximum absolute atomic E-state index is 3.37. The van der Waals surface area contributed by atoms with Crippen LogP contribution >= 0.6 is 0 Å². The zero-order valence-corrected chi connectivity index (χ0v) is 7.19. The third-order valence-corrected chi connectivity index (χ3v) is 2.77. The van der Waals surface area contributed by atoms with Gasteiger partial charge in [-0.25, -0.2) is 0 Å². The first-order valence-corrected chi connectivity index (χ1v) is 4.54. The minimum Gasteiger partial charge on any atom is -0.317 e. The van der Waals surface area contributed by atoms with Gasteiger partial charge in [-0.1, -0.05) is 26.2 Å². The SMILES string of the molecule is CCC1CCCC(NC)C1. The van der Waals surface area contributed by atoms with E-state index in [0.717, 1.165) is 12.0 Å². The molecule has 0 aromatic heterocycles. The third kappa shape index (κ3) is 1.98. The first-order valence-electron chi connectivity index (χ1n) is 4.54. The van der Waals surface area contributed by atoms with Crippen molar-refractivity contribution in [2.24, 2.45) is 5.92 Å². The van der Waals surface area contributed by atoms with Crippen molar-refractivity contribution in [3.8, 4) is 0 Å². The summed E-state index contributed by atoms with van der Waals surface area (Å²) in [4.78, 5) is 0. The van der Waals surface area contributed by atoms with Gasteiger partial charge in [-0.3, -0.25) is 0 Å². The quantitative estimate of drug-likeness (QED) is 0.621. The van der Waals surface area contributed by atoms with E-state index in [-0.39, 0.29) is 0 Å². The summed E-state index contributed by atoms with van der Waals surface area (Å²) in [5.74, 6) is 1.01. The van der Waals surface area contributed by atoms with E-state index < -0.39 is 0 Å². The summed E-state index contributed by atoms with van der Waals surface area (Å²) >= 11 is 0. The molecule has 0 bridgehead atoms. The highest BCUT2D eigenvalue weighted by Crippen LogP contribution is 2.25. The second-order valence-corrected chi connectivity index (χ2v) is 3.43. The third-order valence-electron chi connectivity index (χ3n) is 2.77. The van der Waals surface area contributed by atoms with Gasteiger partial charge in [-0.2, -0.15) is 0 Å². The van der Waals surface area contributed by atoms with E-state index in [9.17, 15) is 0 Å². The monoisotopic (exact) mass is 141 g/mol. The Kier molecular flexibility index (Phi) is 3.20. The Balaban J connectivity index is 2.25. The van der Waals surface area contributed by atoms with Crippen LogP contribution in [0.1, 0.15) is 39.0 Å². The second-order valence-electron chi connectivity index (χ2n) is 3.43. The topological polar surface area (TPSA) is 12.0 Å². The van der Waals surface area contributed by atoms with E-state index in [1.165, 1.54) is 32.1 Å². The normalized spacial score (nSPS) is 34.2. The van der Waals surface area contributed by atoms with Gasteiger partial charge in [0.1, 0.15) is 0 Å². The van der Waals surface area contributed by atoms with Crippen molar-refractivity contribution in [3.05, 3.63) is 0 Å². The Hall–Kier alpha value is -0.0400. The molecule has 0 aromatic rings. The molecule has 1 saturated carbocycles. The average molecular weight is 141 g/mol. The Morgan fingerprint density at radius 3 is 2.80 bits per heavy atom. The highest BCUT2D eigenvalue weighted by Gasteiger charge is 2.18. The first kappa shape index (κ1) is 8.06. The van der Waals surface area contributed by atoms with Crippen LogP contribution in [0.5, 0.6) is 0 Å². The van der Waals surface area contributed by atoms with Gasteiger partial charge in [-0.15, -0.1) is 0 Å². The van der Waals surface area contributed by atoms with Gasteiger partial charge in [0.05, 0.1) is 0 Å². The molecule has 60 valence electrons. The van der Waals surface area contributed by atoms with Gasteiger partial charge >= 0.3 is 0 Å². The molecule has 2 unspecified atom stereocenters. The van der Waals surface area contributed by atoms with Crippen LogP contribution in [-0.2, 0) is 0 Å². The molecule has 2 atom stereocenters. The fourth-order valence-corrected chi connectivity index (χ4v) is 1.92. The summed E-state index contributed by atoms with van der Waals surface area (Å²) < 4.78 is 0. The lowest BCUT2D eigenvalue weighted by atomic mass is 9.84. The summed E-state index contributed by atoms with van der Waals surface area (Å²) in [6.45, 7) is 2.31. The Morgan fingerprint density at radius 1 is 1.40 bits per heavy atom. The Bertz CT molecular complexity index is 80.7. The van der Waals surface area contributed by atoms with Crippen LogP contribution in [0.25, 0.3) is 0 Å². The molecule has 0 radical (unpaired) electrons. The molecular weight excluding hydrogens is 122 g/mol. The van der Waals surface area contributed by atoms with E-state index in [2.05, 4.69) is 19.3 Å². The van der Waals surface area contributed by atoms with Crippen molar-refractivity contribution in [3.63, 3.8) is 0 Å². The molecule has 0 amide bonds. The van der Waals surface area contributed by atoms with E-state index in [1.807, 2.05) is 0 Å². The van der Waals surface area contributed by atoms with Crippen molar-refractivity contribution in [1.82, 2.24) is 5.32 Å². The minimum atomic E-state index is 0.818. The fourth-order valence-electron chi connectivity index (χ4n) is 1.92. The molecule has 0 aromatic carbocycles. The molecule has 10 heavy (non-hydrogen) atoms.